The summed E-state index contributed by atoms with van der Waals surface area (Å²) in [6, 6.07) is 9.92. The number of hydrogen-bond acceptors (Lipinski definition) is 4. The molecule has 1 aliphatic heterocycles. The van der Waals surface area contributed by atoms with Gasteiger partial charge in [-0.05, 0) is 18.4 Å². The molecule has 116 valence electrons. The predicted octanol–water partition coefficient (Wildman–Crippen LogP) is 0.451. The highest BCUT2D eigenvalue weighted by atomic mass is 32.2. The fraction of sp³-hybridized carbons (Fsp3) is 0.533. The van der Waals surface area contributed by atoms with Gasteiger partial charge in [-0.1, -0.05) is 30.3 Å². The number of amides is 1. The van der Waals surface area contributed by atoms with Crippen LogP contribution in [0.2, 0.25) is 0 Å². The molecule has 5 nitrogen and oxygen atoms in total. The first-order chi connectivity index (χ1) is 10.0. The average Bonchev–Trinajstić information content (AvgIpc) is 2.84. The second kappa shape index (κ2) is 7.04. The molecular formula is C15H22N2O3S. The van der Waals surface area contributed by atoms with Gasteiger partial charge >= 0.3 is 0 Å². The number of nitrogens with zero attached hydrogens (tertiary/aromatic N) is 1. The summed E-state index contributed by atoms with van der Waals surface area (Å²) < 4.78 is 23.0. The minimum Gasteiger partial charge on any atom is -0.341 e. The molecule has 0 saturated carbocycles. The van der Waals surface area contributed by atoms with Crippen LogP contribution < -0.4 is 5.73 Å². The summed E-state index contributed by atoms with van der Waals surface area (Å²) in [4.78, 5) is 14.2. The second-order valence-corrected chi connectivity index (χ2v) is 7.68. The molecule has 1 amide bonds. The molecule has 2 rings (SSSR count). The largest absolute Gasteiger partial charge is 0.341 e. The van der Waals surface area contributed by atoms with Crippen LogP contribution in [0.5, 0.6) is 0 Å². The van der Waals surface area contributed by atoms with Gasteiger partial charge in [0.2, 0.25) is 5.91 Å². The van der Waals surface area contributed by atoms with Crippen molar-refractivity contribution in [3.05, 3.63) is 35.9 Å². The number of sulfone groups is 1. The molecule has 1 unspecified atom stereocenters. The summed E-state index contributed by atoms with van der Waals surface area (Å²) in [5, 5.41) is 0. The molecule has 1 aliphatic rings. The standard InChI is InChI=1S/C15H22N2O3S/c16-8-10-17(9-6-13-4-2-1-3-5-13)15(18)14-7-11-21(19,20)12-14/h1-5,14H,6-12,16H2. The maximum Gasteiger partial charge on any atom is 0.226 e. The Labute approximate surface area is 126 Å². The maximum atomic E-state index is 12.5. The van der Waals surface area contributed by atoms with Crippen molar-refractivity contribution in [1.82, 2.24) is 4.90 Å². The normalized spacial score (nSPS) is 20.3. The summed E-state index contributed by atoms with van der Waals surface area (Å²) in [5.41, 5.74) is 6.73. The van der Waals surface area contributed by atoms with Crippen LogP contribution in [0.15, 0.2) is 30.3 Å². The van der Waals surface area contributed by atoms with E-state index in [-0.39, 0.29) is 17.4 Å². The molecule has 0 aromatic heterocycles. The van der Waals surface area contributed by atoms with E-state index in [0.717, 1.165) is 12.0 Å². The van der Waals surface area contributed by atoms with E-state index in [1.54, 1.807) is 4.90 Å². The van der Waals surface area contributed by atoms with Crippen molar-refractivity contribution in [1.29, 1.82) is 0 Å². The van der Waals surface area contributed by atoms with E-state index in [0.29, 0.717) is 26.1 Å². The van der Waals surface area contributed by atoms with Crippen molar-refractivity contribution in [2.75, 3.05) is 31.1 Å². The zero-order valence-electron chi connectivity index (χ0n) is 12.1. The number of hydrogen-bond donors (Lipinski definition) is 1. The van der Waals surface area contributed by atoms with Gasteiger partial charge < -0.3 is 10.6 Å². The van der Waals surface area contributed by atoms with Crippen LogP contribution in [0.4, 0.5) is 0 Å². The van der Waals surface area contributed by atoms with Gasteiger partial charge in [0.15, 0.2) is 9.84 Å². The van der Waals surface area contributed by atoms with Gasteiger partial charge in [0.05, 0.1) is 17.4 Å². The third-order valence-electron chi connectivity index (χ3n) is 3.81. The van der Waals surface area contributed by atoms with Gasteiger partial charge in [-0.25, -0.2) is 8.42 Å². The van der Waals surface area contributed by atoms with Crippen LogP contribution in [0, 0.1) is 5.92 Å². The summed E-state index contributed by atoms with van der Waals surface area (Å²) in [6.07, 6.45) is 1.19. The first kappa shape index (κ1) is 16.0. The van der Waals surface area contributed by atoms with E-state index in [1.807, 2.05) is 30.3 Å². The Morgan fingerprint density at radius 1 is 1.24 bits per heavy atom. The highest BCUT2D eigenvalue weighted by Crippen LogP contribution is 2.20. The molecular weight excluding hydrogens is 288 g/mol. The van der Waals surface area contributed by atoms with Gasteiger partial charge in [0.25, 0.3) is 0 Å². The van der Waals surface area contributed by atoms with Crippen LogP contribution in [-0.2, 0) is 21.1 Å². The molecule has 1 fully saturated rings. The highest BCUT2D eigenvalue weighted by Gasteiger charge is 2.35. The third kappa shape index (κ3) is 4.54. The number of carbonyl (C=O) groups is 1. The molecule has 1 saturated heterocycles. The summed E-state index contributed by atoms with van der Waals surface area (Å²) in [5.74, 6) is -0.355. The zero-order chi connectivity index (χ0) is 15.3. The molecule has 0 radical (unpaired) electrons. The van der Waals surface area contributed by atoms with E-state index < -0.39 is 15.8 Å². The van der Waals surface area contributed by atoms with E-state index >= 15 is 0 Å². The van der Waals surface area contributed by atoms with Crippen LogP contribution in [0.3, 0.4) is 0 Å². The Bertz CT molecular complexity index is 572. The van der Waals surface area contributed by atoms with Crippen LogP contribution in [0.25, 0.3) is 0 Å². The lowest BCUT2D eigenvalue weighted by atomic mass is 10.1. The van der Waals surface area contributed by atoms with Gasteiger partial charge in [0, 0.05) is 19.6 Å². The van der Waals surface area contributed by atoms with Gasteiger partial charge in [0.1, 0.15) is 0 Å². The minimum atomic E-state index is -3.03. The number of rotatable bonds is 6. The number of carbonyl (C=O) groups excluding carboxylic acids is 1. The number of benzene rings is 1. The highest BCUT2D eigenvalue weighted by molar-refractivity contribution is 7.91. The van der Waals surface area contributed by atoms with Crippen molar-refractivity contribution in [2.24, 2.45) is 11.7 Å². The maximum absolute atomic E-state index is 12.5. The monoisotopic (exact) mass is 310 g/mol. The van der Waals surface area contributed by atoms with Gasteiger partial charge in [-0.3, -0.25) is 4.79 Å². The topological polar surface area (TPSA) is 80.5 Å². The fourth-order valence-electron chi connectivity index (χ4n) is 2.64. The lowest BCUT2D eigenvalue weighted by molar-refractivity contribution is -0.134. The summed E-state index contributed by atoms with van der Waals surface area (Å²) >= 11 is 0. The van der Waals surface area contributed by atoms with Crippen molar-refractivity contribution in [3.8, 4) is 0 Å². The quantitative estimate of drug-likeness (QED) is 0.827. The Balaban J connectivity index is 1.96. The Hall–Kier alpha value is -1.40. The van der Waals surface area contributed by atoms with E-state index in [2.05, 4.69) is 0 Å². The van der Waals surface area contributed by atoms with Crippen molar-refractivity contribution in [3.63, 3.8) is 0 Å². The molecule has 6 heteroatoms. The first-order valence-corrected chi connectivity index (χ1v) is 9.07. The van der Waals surface area contributed by atoms with Crippen LogP contribution >= 0.6 is 0 Å². The molecule has 21 heavy (non-hydrogen) atoms. The van der Waals surface area contributed by atoms with Gasteiger partial charge in [-0.15, -0.1) is 0 Å². The van der Waals surface area contributed by atoms with Crippen LogP contribution in [0.1, 0.15) is 12.0 Å². The minimum absolute atomic E-state index is 0.0156. The molecule has 1 atom stereocenters. The number of nitrogens with two attached hydrogens (primary N) is 1. The molecule has 0 aliphatic carbocycles. The van der Waals surface area contributed by atoms with Crippen molar-refractivity contribution < 1.29 is 13.2 Å². The molecule has 1 aromatic rings. The average molecular weight is 310 g/mol. The molecule has 0 spiro atoms. The Kier molecular flexibility index (Phi) is 5.36. The van der Waals surface area contributed by atoms with E-state index in [1.165, 1.54) is 0 Å². The molecule has 1 aromatic carbocycles. The third-order valence-corrected chi connectivity index (χ3v) is 5.57. The zero-order valence-corrected chi connectivity index (χ0v) is 12.9. The Morgan fingerprint density at radius 3 is 2.52 bits per heavy atom. The smallest absolute Gasteiger partial charge is 0.226 e. The molecule has 1 heterocycles. The van der Waals surface area contributed by atoms with E-state index in [9.17, 15) is 13.2 Å². The van der Waals surface area contributed by atoms with E-state index in [4.69, 9.17) is 5.73 Å². The lowest BCUT2D eigenvalue weighted by Gasteiger charge is -2.24. The lowest BCUT2D eigenvalue weighted by Crippen LogP contribution is -2.41. The fourth-order valence-corrected chi connectivity index (χ4v) is 4.38. The molecule has 0 bridgehead atoms. The molecule has 2 N–H and O–H groups in total. The predicted molar refractivity (Wildman–Crippen MR) is 82.5 cm³/mol. The van der Waals surface area contributed by atoms with Crippen LogP contribution in [-0.4, -0.2) is 50.4 Å². The Morgan fingerprint density at radius 2 is 1.95 bits per heavy atom. The van der Waals surface area contributed by atoms with Gasteiger partial charge in [-0.2, -0.15) is 0 Å². The summed E-state index contributed by atoms with van der Waals surface area (Å²) in [6.45, 7) is 1.44. The first-order valence-electron chi connectivity index (χ1n) is 7.25. The summed E-state index contributed by atoms with van der Waals surface area (Å²) in [7, 11) is -3.03. The SMILES string of the molecule is NCCN(CCc1ccccc1)C(=O)C1CCS(=O)(=O)C1. The van der Waals surface area contributed by atoms with Crippen molar-refractivity contribution >= 4 is 15.7 Å². The van der Waals surface area contributed by atoms with Crippen molar-refractivity contribution in [2.45, 2.75) is 12.8 Å². The second-order valence-electron chi connectivity index (χ2n) is 5.45.